The van der Waals surface area contributed by atoms with E-state index in [1.165, 1.54) is 25.7 Å². The van der Waals surface area contributed by atoms with Gasteiger partial charge in [0.1, 0.15) is 0 Å². The average Bonchev–Trinajstić information content (AvgIpc) is 2.60. The molecule has 4 heteroatoms. The fourth-order valence-corrected chi connectivity index (χ4v) is 3.66. The van der Waals surface area contributed by atoms with E-state index in [4.69, 9.17) is 5.11 Å². The second-order valence-electron chi connectivity index (χ2n) is 5.09. The minimum Gasteiger partial charge on any atom is -0.481 e. The molecule has 0 bridgehead atoms. The normalized spacial score (nSPS) is 24.8. The van der Waals surface area contributed by atoms with Gasteiger partial charge in [0, 0.05) is 10.8 Å². The Hall–Kier alpha value is -0.900. The molecular formula is C13H19NO2S. The van der Waals surface area contributed by atoms with Gasteiger partial charge in [-0.15, -0.1) is 11.3 Å². The van der Waals surface area contributed by atoms with E-state index in [2.05, 4.69) is 11.9 Å². The smallest absolute Gasteiger partial charge is 0.308 e. The summed E-state index contributed by atoms with van der Waals surface area (Å²) in [5.74, 6) is 0.642. The third kappa shape index (κ3) is 3.06. The van der Waals surface area contributed by atoms with Crippen molar-refractivity contribution in [2.75, 3.05) is 0 Å². The summed E-state index contributed by atoms with van der Waals surface area (Å²) >= 11 is 1.60. The molecule has 0 saturated heterocycles. The molecular weight excluding hydrogens is 234 g/mol. The van der Waals surface area contributed by atoms with Crippen LogP contribution >= 0.6 is 11.3 Å². The second-order valence-corrected chi connectivity index (χ2v) is 6.20. The highest BCUT2D eigenvalue weighted by molar-refractivity contribution is 7.11. The molecule has 0 atom stereocenters. The quantitative estimate of drug-likeness (QED) is 0.898. The third-order valence-corrected chi connectivity index (χ3v) is 4.91. The van der Waals surface area contributed by atoms with Crippen LogP contribution in [-0.2, 0) is 11.2 Å². The zero-order valence-corrected chi connectivity index (χ0v) is 11.2. The standard InChI is InChI=1S/C13H19NO2S/c1-8-3-5-10(6-4-8)13-14-9(2)11(17-13)7-12(15)16/h8,10H,3-7H2,1-2H3,(H,15,16). The van der Waals surface area contributed by atoms with Crippen LogP contribution in [-0.4, -0.2) is 16.1 Å². The maximum Gasteiger partial charge on any atom is 0.308 e. The van der Waals surface area contributed by atoms with Crippen LogP contribution in [0.3, 0.4) is 0 Å². The molecule has 3 nitrogen and oxygen atoms in total. The molecule has 2 rings (SSSR count). The first-order chi connectivity index (χ1) is 8.06. The molecule has 0 aromatic carbocycles. The van der Waals surface area contributed by atoms with Crippen LogP contribution in [0, 0.1) is 12.8 Å². The molecule has 1 fully saturated rings. The molecule has 0 unspecified atom stereocenters. The van der Waals surface area contributed by atoms with Crippen LogP contribution in [0.5, 0.6) is 0 Å². The van der Waals surface area contributed by atoms with E-state index < -0.39 is 5.97 Å². The van der Waals surface area contributed by atoms with Crippen molar-refractivity contribution in [2.24, 2.45) is 5.92 Å². The number of hydrogen-bond acceptors (Lipinski definition) is 3. The van der Waals surface area contributed by atoms with Crippen molar-refractivity contribution in [3.63, 3.8) is 0 Å². The number of aromatic nitrogens is 1. The van der Waals surface area contributed by atoms with E-state index in [-0.39, 0.29) is 6.42 Å². The summed E-state index contributed by atoms with van der Waals surface area (Å²) in [6.45, 7) is 4.23. The van der Waals surface area contributed by atoms with Crippen LogP contribution in [0.25, 0.3) is 0 Å². The van der Waals surface area contributed by atoms with Crippen molar-refractivity contribution in [2.45, 2.75) is 51.9 Å². The Morgan fingerprint density at radius 3 is 2.65 bits per heavy atom. The van der Waals surface area contributed by atoms with Gasteiger partial charge in [-0.2, -0.15) is 0 Å². The number of hydrogen-bond donors (Lipinski definition) is 1. The number of carbonyl (C=O) groups is 1. The lowest BCUT2D eigenvalue weighted by atomic mass is 9.83. The number of rotatable bonds is 3. The van der Waals surface area contributed by atoms with Gasteiger partial charge in [0.15, 0.2) is 0 Å². The Morgan fingerprint density at radius 2 is 2.06 bits per heavy atom. The van der Waals surface area contributed by atoms with Gasteiger partial charge in [-0.1, -0.05) is 19.8 Å². The molecule has 0 aliphatic heterocycles. The maximum absolute atomic E-state index is 10.7. The first-order valence-corrected chi connectivity index (χ1v) is 7.06. The van der Waals surface area contributed by atoms with Gasteiger partial charge in [0.05, 0.1) is 17.1 Å². The lowest BCUT2D eigenvalue weighted by Crippen LogP contribution is -2.10. The summed E-state index contributed by atoms with van der Waals surface area (Å²) in [5.41, 5.74) is 0.908. The van der Waals surface area contributed by atoms with Crippen molar-refractivity contribution in [1.29, 1.82) is 0 Å². The number of aliphatic carboxylic acids is 1. The monoisotopic (exact) mass is 253 g/mol. The van der Waals surface area contributed by atoms with Gasteiger partial charge in [-0.05, 0) is 25.7 Å². The number of nitrogens with zero attached hydrogens (tertiary/aromatic N) is 1. The number of carboxylic acid groups (broad SMARTS) is 1. The van der Waals surface area contributed by atoms with E-state index in [0.29, 0.717) is 5.92 Å². The molecule has 1 aliphatic carbocycles. The van der Waals surface area contributed by atoms with E-state index >= 15 is 0 Å². The molecule has 94 valence electrons. The predicted molar refractivity (Wildman–Crippen MR) is 68.6 cm³/mol. The van der Waals surface area contributed by atoms with Crippen molar-refractivity contribution < 1.29 is 9.90 Å². The molecule has 1 aromatic rings. The third-order valence-electron chi connectivity index (χ3n) is 3.59. The minimum absolute atomic E-state index is 0.118. The average molecular weight is 253 g/mol. The van der Waals surface area contributed by atoms with E-state index in [1.54, 1.807) is 11.3 Å². The summed E-state index contributed by atoms with van der Waals surface area (Å²) < 4.78 is 0. The van der Waals surface area contributed by atoms with Crippen LogP contribution in [0.15, 0.2) is 0 Å². The van der Waals surface area contributed by atoms with E-state index in [1.807, 2.05) is 6.92 Å². The Labute approximate surface area is 106 Å². The molecule has 17 heavy (non-hydrogen) atoms. The van der Waals surface area contributed by atoms with E-state index in [0.717, 1.165) is 21.5 Å². The molecule has 1 N–H and O–H groups in total. The van der Waals surface area contributed by atoms with Gasteiger partial charge in [0.25, 0.3) is 0 Å². The number of carboxylic acids is 1. The Kier molecular flexibility index (Phi) is 3.82. The lowest BCUT2D eigenvalue weighted by Gasteiger charge is -2.24. The summed E-state index contributed by atoms with van der Waals surface area (Å²) in [7, 11) is 0. The van der Waals surface area contributed by atoms with Crippen molar-refractivity contribution in [1.82, 2.24) is 4.98 Å². The molecule has 1 aromatic heterocycles. The predicted octanol–water partition coefficient (Wildman–Crippen LogP) is 3.37. The van der Waals surface area contributed by atoms with Gasteiger partial charge in [-0.3, -0.25) is 4.79 Å². The summed E-state index contributed by atoms with van der Waals surface area (Å²) in [5, 5.41) is 9.98. The second kappa shape index (κ2) is 5.17. The van der Waals surface area contributed by atoms with Gasteiger partial charge >= 0.3 is 5.97 Å². The van der Waals surface area contributed by atoms with Crippen molar-refractivity contribution >= 4 is 17.3 Å². The van der Waals surface area contributed by atoms with Gasteiger partial charge in [-0.25, -0.2) is 4.98 Å². The van der Waals surface area contributed by atoms with Gasteiger partial charge < -0.3 is 5.11 Å². The molecule has 0 radical (unpaired) electrons. The lowest BCUT2D eigenvalue weighted by molar-refractivity contribution is -0.136. The maximum atomic E-state index is 10.7. The SMILES string of the molecule is Cc1nc(C2CCC(C)CC2)sc1CC(=O)O. The van der Waals surface area contributed by atoms with Crippen molar-refractivity contribution in [3.05, 3.63) is 15.6 Å². The summed E-state index contributed by atoms with van der Waals surface area (Å²) in [6.07, 6.45) is 5.09. The molecule has 0 spiro atoms. The highest BCUT2D eigenvalue weighted by atomic mass is 32.1. The highest BCUT2D eigenvalue weighted by Crippen LogP contribution is 2.38. The van der Waals surface area contributed by atoms with Crippen LogP contribution in [0.2, 0.25) is 0 Å². The Morgan fingerprint density at radius 1 is 1.41 bits per heavy atom. The largest absolute Gasteiger partial charge is 0.481 e. The van der Waals surface area contributed by atoms with Crippen LogP contribution in [0.1, 0.15) is 54.1 Å². The Balaban J connectivity index is 2.09. The van der Waals surface area contributed by atoms with Gasteiger partial charge in [0.2, 0.25) is 0 Å². The molecule has 1 aliphatic rings. The topological polar surface area (TPSA) is 50.2 Å². The first kappa shape index (κ1) is 12.6. The summed E-state index contributed by atoms with van der Waals surface area (Å²) in [6, 6.07) is 0. The fraction of sp³-hybridized carbons (Fsp3) is 0.692. The van der Waals surface area contributed by atoms with Crippen LogP contribution < -0.4 is 0 Å². The Bertz CT molecular complexity index is 406. The molecule has 1 saturated carbocycles. The first-order valence-electron chi connectivity index (χ1n) is 6.24. The van der Waals surface area contributed by atoms with E-state index in [9.17, 15) is 4.79 Å². The zero-order valence-electron chi connectivity index (χ0n) is 10.4. The molecule has 1 heterocycles. The number of thiazole rings is 1. The van der Waals surface area contributed by atoms with Crippen molar-refractivity contribution in [3.8, 4) is 0 Å². The highest BCUT2D eigenvalue weighted by Gasteiger charge is 2.23. The molecule has 0 amide bonds. The minimum atomic E-state index is -0.763. The number of aryl methyl sites for hydroxylation is 1. The fourth-order valence-electron chi connectivity index (χ4n) is 2.43. The van der Waals surface area contributed by atoms with Crippen LogP contribution in [0.4, 0.5) is 0 Å². The zero-order chi connectivity index (χ0) is 12.4. The summed E-state index contributed by atoms with van der Waals surface area (Å²) in [4.78, 5) is 16.2.